The van der Waals surface area contributed by atoms with E-state index in [-0.39, 0.29) is 25.2 Å². The number of aryl methyl sites for hydroxylation is 1. The Labute approximate surface area is 154 Å². The third-order valence-corrected chi connectivity index (χ3v) is 5.01. The van der Waals surface area contributed by atoms with E-state index in [4.69, 9.17) is 0 Å². The molecular weight excluding hydrogens is 348 g/mol. The van der Waals surface area contributed by atoms with Gasteiger partial charge in [-0.15, -0.1) is 0 Å². The van der Waals surface area contributed by atoms with Gasteiger partial charge in [-0.05, 0) is 18.6 Å². The number of aromatic nitrogens is 1. The second kappa shape index (κ2) is 6.39. The largest absolute Gasteiger partial charge is 0.334 e. The number of hydrogen-bond donors (Lipinski definition) is 2. The Balaban J connectivity index is 1.65. The monoisotopic (exact) mass is 366 g/mol. The zero-order chi connectivity index (χ0) is 19.1. The highest BCUT2D eigenvalue weighted by atomic mass is 16.2. The Hall–Kier alpha value is -3.42. The van der Waals surface area contributed by atoms with Crippen molar-refractivity contribution in [1.82, 2.24) is 20.1 Å². The molecular formula is C19H18N4O4. The van der Waals surface area contributed by atoms with Gasteiger partial charge < -0.3 is 14.8 Å². The maximum atomic E-state index is 13.0. The molecule has 27 heavy (non-hydrogen) atoms. The van der Waals surface area contributed by atoms with E-state index >= 15 is 0 Å². The van der Waals surface area contributed by atoms with Gasteiger partial charge in [0.15, 0.2) is 0 Å². The number of aromatic amines is 1. The molecule has 2 aliphatic heterocycles. The molecule has 4 rings (SSSR count). The number of carbonyl (C=O) groups is 3. The van der Waals surface area contributed by atoms with Gasteiger partial charge in [0.25, 0.3) is 17.4 Å². The smallest absolute Gasteiger partial charge is 0.324 e. The average Bonchev–Trinajstić information content (AvgIpc) is 2.95. The standard InChI is InChI=1S/C19H18N4O4/c1-11-13(12-5-3-2-4-6-12)9-14(16(24)20-11)18(26)22-7-8-23-15(10-22)17(25)21-19(23)27/h2-6,9,15H,7-8,10H2,1H3,(H,20,24)(H,21,25,27). The zero-order valence-corrected chi connectivity index (χ0v) is 14.7. The summed E-state index contributed by atoms with van der Waals surface area (Å²) in [5, 5.41) is 2.25. The summed E-state index contributed by atoms with van der Waals surface area (Å²) in [6, 6.07) is 9.93. The van der Waals surface area contributed by atoms with Crippen molar-refractivity contribution in [1.29, 1.82) is 0 Å². The normalized spacial score (nSPS) is 19.1. The minimum absolute atomic E-state index is 0.0256. The van der Waals surface area contributed by atoms with Gasteiger partial charge in [0.1, 0.15) is 11.6 Å². The van der Waals surface area contributed by atoms with E-state index in [1.165, 1.54) is 9.80 Å². The summed E-state index contributed by atoms with van der Waals surface area (Å²) >= 11 is 0. The molecule has 1 aromatic heterocycles. The molecule has 8 heteroatoms. The molecule has 3 heterocycles. The molecule has 0 radical (unpaired) electrons. The van der Waals surface area contributed by atoms with E-state index in [1.807, 2.05) is 30.3 Å². The number of piperazine rings is 1. The van der Waals surface area contributed by atoms with E-state index in [0.29, 0.717) is 5.69 Å². The van der Waals surface area contributed by atoms with Gasteiger partial charge >= 0.3 is 6.03 Å². The second-order valence-electron chi connectivity index (χ2n) is 6.67. The highest BCUT2D eigenvalue weighted by molar-refractivity contribution is 6.05. The predicted molar refractivity (Wildman–Crippen MR) is 97.2 cm³/mol. The topological polar surface area (TPSA) is 103 Å². The molecule has 8 nitrogen and oxygen atoms in total. The summed E-state index contributed by atoms with van der Waals surface area (Å²) in [6.07, 6.45) is 0. The van der Waals surface area contributed by atoms with E-state index in [1.54, 1.807) is 13.0 Å². The van der Waals surface area contributed by atoms with Crippen molar-refractivity contribution in [3.63, 3.8) is 0 Å². The van der Waals surface area contributed by atoms with Crippen molar-refractivity contribution < 1.29 is 14.4 Å². The van der Waals surface area contributed by atoms with Gasteiger partial charge in [0.05, 0.1) is 6.54 Å². The SMILES string of the molecule is Cc1[nH]c(=O)c(C(=O)N2CCN3C(=O)NC(=O)C3C2)cc1-c1ccccc1. The molecule has 138 valence electrons. The number of hydrogen-bond acceptors (Lipinski definition) is 4. The third-order valence-electron chi connectivity index (χ3n) is 5.01. The van der Waals surface area contributed by atoms with Crippen LogP contribution in [0.5, 0.6) is 0 Å². The Bertz CT molecular complexity index is 999. The maximum Gasteiger partial charge on any atom is 0.324 e. The van der Waals surface area contributed by atoms with Crippen LogP contribution in [-0.4, -0.2) is 58.3 Å². The summed E-state index contributed by atoms with van der Waals surface area (Å²) in [5.41, 5.74) is 1.90. The molecule has 2 fully saturated rings. The predicted octanol–water partition coefficient (Wildman–Crippen LogP) is 0.727. The first kappa shape index (κ1) is 17.0. The number of carbonyl (C=O) groups excluding carboxylic acids is 3. The Morgan fingerprint density at radius 3 is 2.59 bits per heavy atom. The summed E-state index contributed by atoms with van der Waals surface area (Å²) in [5.74, 6) is -0.861. The quantitative estimate of drug-likeness (QED) is 0.765. The number of nitrogens with zero attached hydrogens (tertiary/aromatic N) is 2. The van der Waals surface area contributed by atoms with Crippen molar-refractivity contribution >= 4 is 17.8 Å². The van der Waals surface area contributed by atoms with Crippen molar-refractivity contribution in [3.05, 3.63) is 58.0 Å². The molecule has 2 aliphatic rings. The first-order chi connectivity index (χ1) is 13.0. The lowest BCUT2D eigenvalue weighted by Crippen LogP contribution is -2.55. The highest BCUT2D eigenvalue weighted by Gasteiger charge is 2.43. The van der Waals surface area contributed by atoms with Gasteiger partial charge in [-0.3, -0.25) is 19.7 Å². The van der Waals surface area contributed by atoms with Crippen LogP contribution in [-0.2, 0) is 4.79 Å². The number of nitrogens with one attached hydrogen (secondary N) is 2. The fourth-order valence-electron chi connectivity index (χ4n) is 3.57. The average molecular weight is 366 g/mol. The number of fused-ring (bicyclic) bond motifs is 1. The molecule has 0 saturated carbocycles. The number of urea groups is 1. The van der Waals surface area contributed by atoms with Crippen molar-refractivity contribution in [2.24, 2.45) is 0 Å². The van der Waals surface area contributed by atoms with Crippen molar-refractivity contribution in [3.8, 4) is 11.1 Å². The van der Waals surface area contributed by atoms with Crippen LogP contribution in [0.1, 0.15) is 16.1 Å². The number of rotatable bonds is 2. The summed E-state index contributed by atoms with van der Waals surface area (Å²) in [4.78, 5) is 54.6. The molecule has 2 aromatic rings. The molecule has 4 amide bonds. The number of amides is 4. The molecule has 1 unspecified atom stereocenters. The molecule has 1 atom stereocenters. The van der Waals surface area contributed by atoms with Gasteiger partial charge in [-0.1, -0.05) is 30.3 Å². The van der Waals surface area contributed by atoms with E-state index in [0.717, 1.165) is 11.1 Å². The number of H-pyrrole nitrogens is 1. The molecule has 1 aromatic carbocycles. The van der Waals surface area contributed by atoms with Crippen LogP contribution in [0.15, 0.2) is 41.2 Å². The molecule has 2 N–H and O–H groups in total. The minimum atomic E-state index is -0.701. The lowest BCUT2D eigenvalue weighted by molar-refractivity contribution is -0.122. The third kappa shape index (κ3) is 2.88. The van der Waals surface area contributed by atoms with Gasteiger partial charge in [-0.25, -0.2) is 4.79 Å². The Morgan fingerprint density at radius 2 is 1.85 bits per heavy atom. The summed E-state index contributed by atoms with van der Waals surface area (Å²) in [6.45, 7) is 2.38. The van der Waals surface area contributed by atoms with Crippen LogP contribution in [0.25, 0.3) is 11.1 Å². The van der Waals surface area contributed by atoms with Crippen molar-refractivity contribution in [2.45, 2.75) is 13.0 Å². The maximum absolute atomic E-state index is 13.0. The first-order valence-electron chi connectivity index (χ1n) is 8.66. The van der Waals surface area contributed by atoms with Crippen LogP contribution in [0.3, 0.4) is 0 Å². The number of benzene rings is 1. The van der Waals surface area contributed by atoms with Gasteiger partial charge in [0.2, 0.25) is 0 Å². The molecule has 2 saturated heterocycles. The Morgan fingerprint density at radius 1 is 1.11 bits per heavy atom. The van der Waals surface area contributed by atoms with Crippen LogP contribution >= 0.6 is 0 Å². The fraction of sp³-hybridized carbons (Fsp3) is 0.263. The van der Waals surface area contributed by atoms with Gasteiger partial charge in [-0.2, -0.15) is 0 Å². The first-order valence-corrected chi connectivity index (χ1v) is 8.66. The highest BCUT2D eigenvalue weighted by Crippen LogP contribution is 2.23. The fourth-order valence-corrected chi connectivity index (χ4v) is 3.57. The summed E-state index contributed by atoms with van der Waals surface area (Å²) in [7, 11) is 0. The lowest BCUT2D eigenvalue weighted by atomic mass is 10.0. The van der Waals surface area contributed by atoms with Crippen LogP contribution < -0.4 is 10.9 Å². The number of pyridine rings is 1. The molecule has 0 aliphatic carbocycles. The van der Waals surface area contributed by atoms with Gasteiger partial charge in [0, 0.05) is 24.3 Å². The van der Waals surface area contributed by atoms with E-state index in [2.05, 4.69) is 10.3 Å². The van der Waals surface area contributed by atoms with Crippen molar-refractivity contribution in [2.75, 3.05) is 19.6 Å². The van der Waals surface area contributed by atoms with Crippen LogP contribution in [0.2, 0.25) is 0 Å². The molecule has 0 bridgehead atoms. The lowest BCUT2D eigenvalue weighted by Gasteiger charge is -2.35. The second-order valence-corrected chi connectivity index (χ2v) is 6.67. The minimum Gasteiger partial charge on any atom is -0.334 e. The van der Waals surface area contributed by atoms with Crippen LogP contribution in [0, 0.1) is 6.92 Å². The van der Waals surface area contributed by atoms with Crippen LogP contribution in [0.4, 0.5) is 4.79 Å². The Kier molecular flexibility index (Phi) is 4.02. The van der Waals surface area contributed by atoms with E-state index < -0.39 is 29.4 Å². The molecule has 0 spiro atoms. The summed E-state index contributed by atoms with van der Waals surface area (Å²) < 4.78 is 0. The number of imide groups is 1. The van der Waals surface area contributed by atoms with E-state index in [9.17, 15) is 19.2 Å². The zero-order valence-electron chi connectivity index (χ0n) is 14.7.